The van der Waals surface area contributed by atoms with Crippen molar-refractivity contribution in [1.82, 2.24) is 59.9 Å². The molecule has 8 aromatic rings. The van der Waals surface area contributed by atoms with Gasteiger partial charge in [0.05, 0.1) is 74.4 Å². The monoisotopic (exact) mass is 814 g/mol. The Morgan fingerprint density at radius 1 is 0.683 bits per heavy atom. The maximum Gasteiger partial charge on any atom is 0.130 e. The summed E-state index contributed by atoms with van der Waals surface area (Å²) < 4.78 is 40.4. The number of halogens is 2. The minimum Gasteiger partial charge on any atom is -0.377 e. The van der Waals surface area contributed by atoms with Crippen molar-refractivity contribution in [2.75, 3.05) is 62.7 Å². The molecule has 60 heavy (non-hydrogen) atoms. The van der Waals surface area contributed by atoms with Gasteiger partial charge in [0.15, 0.2) is 0 Å². The van der Waals surface area contributed by atoms with Gasteiger partial charge >= 0.3 is 0 Å². The molecular formula is C42H44F2N14O2. The zero-order valence-corrected chi connectivity index (χ0v) is 33.2. The van der Waals surface area contributed by atoms with Crippen molar-refractivity contribution in [3.05, 3.63) is 85.7 Å². The summed E-state index contributed by atoms with van der Waals surface area (Å²) in [7, 11) is 0. The average Bonchev–Trinajstić information content (AvgIpc) is 4.13. The molecule has 0 bridgehead atoms. The van der Waals surface area contributed by atoms with Crippen LogP contribution < -0.4 is 9.80 Å². The number of nitrogens with zero attached hydrogens (tertiary/aromatic N) is 12. The van der Waals surface area contributed by atoms with Crippen molar-refractivity contribution in [3.63, 3.8) is 0 Å². The molecule has 308 valence electrons. The second kappa shape index (κ2) is 17.3. The lowest BCUT2D eigenvalue weighted by molar-refractivity contribution is 0.0985. The molecule has 0 spiro atoms. The lowest BCUT2D eigenvalue weighted by atomic mass is 10.0. The molecule has 0 saturated carbocycles. The zero-order chi connectivity index (χ0) is 41.0. The zero-order valence-electron chi connectivity index (χ0n) is 33.2. The summed E-state index contributed by atoms with van der Waals surface area (Å²) in [4.78, 5) is 23.6. The van der Waals surface area contributed by atoms with Gasteiger partial charge in [0.1, 0.15) is 47.4 Å². The molecule has 2 N–H and O–H groups in total. The molecular weight excluding hydrogens is 771 g/mol. The number of aromatic amines is 2. The first-order chi connectivity index (χ1) is 29.5. The van der Waals surface area contributed by atoms with E-state index in [2.05, 4.69) is 76.3 Å². The van der Waals surface area contributed by atoms with Gasteiger partial charge in [-0.2, -0.15) is 20.4 Å². The number of rotatable bonds is 10. The third-order valence-electron chi connectivity index (χ3n) is 10.8. The van der Waals surface area contributed by atoms with Crippen molar-refractivity contribution in [3.8, 4) is 45.3 Å². The minimum atomic E-state index is -0.480. The molecule has 0 unspecified atom stereocenters. The molecule has 0 aliphatic carbocycles. The van der Waals surface area contributed by atoms with Crippen molar-refractivity contribution in [2.45, 2.75) is 39.0 Å². The smallest absolute Gasteiger partial charge is 0.130 e. The number of hydrogen-bond acceptors (Lipinski definition) is 12. The Morgan fingerprint density at radius 2 is 1.27 bits per heavy atom. The van der Waals surface area contributed by atoms with Crippen LogP contribution in [0.1, 0.15) is 13.8 Å². The van der Waals surface area contributed by atoms with Gasteiger partial charge in [-0.15, -0.1) is 0 Å². The Kier molecular flexibility index (Phi) is 11.2. The molecule has 10 rings (SSSR count). The number of hydrogen-bond donors (Lipinski definition) is 2. The molecule has 0 aromatic carbocycles. The normalized spacial score (nSPS) is 17.0. The van der Waals surface area contributed by atoms with Gasteiger partial charge in [-0.05, 0) is 62.4 Å². The summed E-state index contributed by atoms with van der Waals surface area (Å²) in [6.45, 7) is 7.87. The van der Waals surface area contributed by atoms with Crippen LogP contribution in [0.15, 0.2) is 85.7 Å². The largest absolute Gasteiger partial charge is 0.377 e. The fourth-order valence-electron chi connectivity index (χ4n) is 7.84. The van der Waals surface area contributed by atoms with Gasteiger partial charge in [-0.3, -0.25) is 29.5 Å². The molecule has 10 heterocycles. The maximum atomic E-state index is 13.1. The van der Waals surface area contributed by atoms with Gasteiger partial charge < -0.3 is 19.3 Å². The quantitative estimate of drug-likeness (QED) is 0.162. The second-order valence-electron chi connectivity index (χ2n) is 14.6. The number of pyridine rings is 4. The van der Waals surface area contributed by atoms with Crippen molar-refractivity contribution >= 4 is 33.4 Å². The first-order valence-electron chi connectivity index (χ1n) is 20.0. The average molecular weight is 815 g/mol. The number of aryl methyl sites for hydroxylation is 2. The van der Waals surface area contributed by atoms with Crippen LogP contribution in [-0.2, 0) is 22.6 Å². The Labute approximate surface area is 343 Å². The van der Waals surface area contributed by atoms with E-state index < -0.39 is 13.3 Å². The van der Waals surface area contributed by atoms with E-state index in [1.54, 1.807) is 46.5 Å². The topological polar surface area (TPSA) is 170 Å². The van der Waals surface area contributed by atoms with E-state index in [-0.39, 0.29) is 25.2 Å². The van der Waals surface area contributed by atoms with Crippen molar-refractivity contribution in [1.29, 1.82) is 0 Å². The van der Waals surface area contributed by atoms with E-state index in [0.29, 0.717) is 26.4 Å². The standard InChI is InChI=1S/2C21H22FN7O/c1-14-13-30-11-10-29(14)19-12-16(17-4-8-28(27-17)9-5-22)15-2-6-23-21(20(15)25-19)18-3-7-24-26-18;1-14-13-30-11-10-28(14)19-12-16(18-4-8-25-29(18)9-5-22)15-2-6-23-21(20(15)26-19)17-3-7-24-27-17/h2-4,6-8,12,14H,5,9-11,13H2,1H3,(H,24,26);2-4,6-8,12,14H,5,9-11,13H2,1H3,(H,24,27)/t2*14-/m11/s1. The lowest BCUT2D eigenvalue weighted by Gasteiger charge is -2.34. The van der Waals surface area contributed by atoms with E-state index in [1.807, 2.05) is 36.4 Å². The Morgan fingerprint density at radius 3 is 1.82 bits per heavy atom. The van der Waals surface area contributed by atoms with Crippen LogP contribution >= 0.6 is 0 Å². The first-order valence-corrected chi connectivity index (χ1v) is 20.0. The fraction of sp³-hybridized carbons (Fsp3) is 0.333. The summed E-state index contributed by atoms with van der Waals surface area (Å²) in [6, 6.07) is 16.0. The van der Waals surface area contributed by atoms with Gasteiger partial charge in [0.25, 0.3) is 0 Å². The van der Waals surface area contributed by atoms with E-state index in [1.165, 1.54) is 0 Å². The van der Waals surface area contributed by atoms with Gasteiger partial charge in [-0.1, -0.05) is 0 Å². The number of fused-ring (bicyclic) bond motifs is 2. The number of ether oxygens (including phenoxy) is 2. The SMILES string of the molecule is C[C@@H]1COCCN1c1cc(-c2ccn(CCF)n2)c2ccnc(-c3ccn[nH]3)c2n1.C[C@@H]1COCCN1c1cc(-c2ccnn2CCF)c2ccnc(-c3ccn[nH]3)c2n1. The Balaban J connectivity index is 0.000000154. The Hall–Kier alpha value is -6.66. The first kappa shape index (κ1) is 38.8. The number of alkyl halides is 2. The number of anilines is 2. The van der Waals surface area contributed by atoms with Gasteiger partial charge in [-0.25, -0.2) is 18.7 Å². The number of aromatic nitrogens is 12. The van der Waals surface area contributed by atoms with Crippen LogP contribution in [0.25, 0.3) is 67.1 Å². The molecule has 16 nitrogen and oxygen atoms in total. The fourth-order valence-corrected chi connectivity index (χ4v) is 7.84. The third kappa shape index (κ3) is 7.66. The summed E-state index contributed by atoms with van der Waals surface area (Å²) >= 11 is 0. The van der Waals surface area contributed by atoms with Crippen LogP contribution in [0.2, 0.25) is 0 Å². The lowest BCUT2D eigenvalue weighted by Crippen LogP contribution is -2.44. The predicted octanol–water partition coefficient (Wildman–Crippen LogP) is 6.16. The summed E-state index contributed by atoms with van der Waals surface area (Å²) in [6.07, 6.45) is 10.4. The highest BCUT2D eigenvalue weighted by Crippen LogP contribution is 2.37. The summed E-state index contributed by atoms with van der Waals surface area (Å²) in [5.74, 6) is 1.69. The van der Waals surface area contributed by atoms with Crippen molar-refractivity contribution in [2.24, 2.45) is 0 Å². The molecule has 0 radical (unpaired) electrons. The molecule has 2 aliphatic heterocycles. The van der Waals surface area contributed by atoms with Crippen LogP contribution in [0.5, 0.6) is 0 Å². The van der Waals surface area contributed by atoms with E-state index in [9.17, 15) is 8.78 Å². The molecule has 2 atom stereocenters. The minimum absolute atomic E-state index is 0.194. The summed E-state index contributed by atoms with van der Waals surface area (Å²) in [5.41, 5.74) is 8.11. The summed E-state index contributed by atoms with van der Waals surface area (Å²) in [5, 5.41) is 24.9. The molecule has 18 heteroatoms. The van der Waals surface area contributed by atoms with E-state index >= 15 is 0 Å². The molecule has 8 aromatic heterocycles. The van der Waals surface area contributed by atoms with Crippen molar-refractivity contribution < 1.29 is 18.3 Å². The van der Waals surface area contributed by atoms with Crippen LogP contribution in [0.3, 0.4) is 0 Å². The second-order valence-corrected chi connectivity index (χ2v) is 14.6. The predicted molar refractivity (Wildman–Crippen MR) is 224 cm³/mol. The Bertz CT molecular complexity index is 2680. The number of H-pyrrole nitrogens is 2. The van der Waals surface area contributed by atoms with E-state index in [4.69, 9.17) is 19.4 Å². The van der Waals surface area contributed by atoms with Crippen LogP contribution in [0.4, 0.5) is 20.4 Å². The highest BCUT2D eigenvalue weighted by molar-refractivity contribution is 6.02. The van der Waals surface area contributed by atoms with E-state index in [0.717, 1.165) is 91.8 Å². The maximum absolute atomic E-state index is 13.1. The molecule has 2 saturated heterocycles. The van der Waals surface area contributed by atoms with Gasteiger partial charge in [0, 0.05) is 72.2 Å². The van der Waals surface area contributed by atoms with Crippen LogP contribution in [0, 0.1) is 0 Å². The van der Waals surface area contributed by atoms with Gasteiger partial charge in [0.2, 0.25) is 0 Å². The highest BCUT2D eigenvalue weighted by atomic mass is 19.1. The molecule has 2 fully saturated rings. The number of nitrogens with one attached hydrogen (secondary N) is 2. The number of morpholine rings is 2. The van der Waals surface area contributed by atoms with Crippen LogP contribution in [-0.4, -0.2) is 125 Å². The third-order valence-corrected chi connectivity index (χ3v) is 10.8. The molecule has 0 amide bonds. The molecule has 2 aliphatic rings. The highest BCUT2D eigenvalue weighted by Gasteiger charge is 2.26.